The molecule has 0 aliphatic carbocycles. The predicted molar refractivity (Wildman–Crippen MR) is 66.6 cm³/mol. The highest BCUT2D eigenvalue weighted by molar-refractivity contribution is 5.77. The molecular weight excluding hydrogens is 220 g/mol. The Kier molecular flexibility index (Phi) is 9.43. The summed E-state index contributed by atoms with van der Waals surface area (Å²) in [5.41, 5.74) is 0. The summed E-state index contributed by atoms with van der Waals surface area (Å²) < 4.78 is 4.79. The van der Waals surface area contributed by atoms with Gasteiger partial charge in [-0.05, 0) is 25.8 Å². The van der Waals surface area contributed by atoms with Crippen LogP contribution in [0.5, 0.6) is 0 Å². The summed E-state index contributed by atoms with van der Waals surface area (Å²) >= 11 is 0. The minimum Gasteiger partial charge on any atom is -0.466 e. The fourth-order valence-corrected chi connectivity index (χ4v) is 1.17. The maximum absolute atomic E-state index is 11.3. The molecule has 0 rings (SSSR count). The first-order valence-electron chi connectivity index (χ1n) is 6.19. The molecule has 0 aliphatic rings. The highest BCUT2D eigenvalue weighted by Crippen LogP contribution is 1.91. The molecule has 0 aromatic rings. The van der Waals surface area contributed by atoms with Crippen LogP contribution >= 0.6 is 0 Å². The van der Waals surface area contributed by atoms with Gasteiger partial charge < -0.3 is 15.4 Å². The molecule has 0 bridgehead atoms. The van der Waals surface area contributed by atoms with Crippen LogP contribution in [0.1, 0.15) is 33.6 Å². The topological polar surface area (TPSA) is 67.4 Å². The van der Waals surface area contributed by atoms with E-state index in [0.717, 1.165) is 0 Å². The fourth-order valence-electron chi connectivity index (χ4n) is 1.17. The molecule has 0 unspecified atom stereocenters. The third-order valence-corrected chi connectivity index (χ3v) is 2.03. The quantitative estimate of drug-likeness (QED) is 0.462. The number of esters is 1. The standard InChI is InChI=1S/C12H24N2O3/c1-4-17-12(16)6-5-7-13-9-11(15)14-8-10(2)3/h10,13H,4-9H2,1-3H3,(H,14,15). The van der Waals surface area contributed by atoms with Gasteiger partial charge in [-0.3, -0.25) is 9.59 Å². The van der Waals surface area contributed by atoms with Gasteiger partial charge in [0.15, 0.2) is 0 Å². The molecule has 2 N–H and O–H groups in total. The van der Waals surface area contributed by atoms with Gasteiger partial charge in [-0.1, -0.05) is 13.8 Å². The zero-order valence-corrected chi connectivity index (χ0v) is 11.0. The van der Waals surface area contributed by atoms with Gasteiger partial charge in [-0.15, -0.1) is 0 Å². The number of ether oxygens (including phenoxy) is 1. The van der Waals surface area contributed by atoms with E-state index in [9.17, 15) is 9.59 Å². The molecule has 0 saturated heterocycles. The van der Waals surface area contributed by atoms with Crippen molar-refractivity contribution < 1.29 is 14.3 Å². The number of amides is 1. The van der Waals surface area contributed by atoms with Crippen molar-refractivity contribution in [3.63, 3.8) is 0 Å². The average molecular weight is 244 g/mol. The number of nitrogens with one attached hydrogen (secondary N) is 2. The van der Waals surface area contributed by atoms with Crippen molar-refractivity contribution in [2.24, 2.45) is 5.92 Å². The molecule has 17 heavy (non-hydrogen) atoms. The molecular formula is C12H24N2O3. The molecule has 0 fully saturated rings. The molecule has 0 spiro atoms. The van der Waals surface area contributed by atoms with Crippen molar-refractivity contribution in [2.75, 3.05) is 26.2 Å². The lowest BCUT2D eigenvalue weighted by molar-refractivity contribution is -0.143. The van der Waals surface area contributed by atoms with Crippen LogP contribution in [0.15, 0.2) is 0 Å². The zero-order valence-electron chi connectivity index (χ0n) is 11.0. The van der Waals surface area contributed by atoms with Crippen LogP contribution in [-0.4, -0.2) is 38.1 Å². The smallest absolute Gasteiger partial charge is 0.305 e. The molecule has 0 aromatic heterocycles. The lowest BCUT2D eigenvalue weighted by Crippen LogP contribution is -2.36. The van der Waals surface area contributed by atoms with Gasteiger partial charge in [0.2, 0.25) is 5.91 Å². The third kappa shape index (κ3) is 11.2. The number of rotatable bonds is 9. The van der Waals surface area contributed by atoms with Crippen LogP contribution in [0.4, 0.5) is 0 Å². The Morgan fingerprint density at radius 2 is 2.00 bits per heavy atom. The monoisotopic (exact) mass is 244 g/mol. The second kappa shape index (κ2) is 10.1. The van der Waals surface area contributed by atoms with Crippen molar-refractivity contribution in [2.45, 2.75) is 33.6 Å². The van der Waals surface area contributed by atoms with Crippen LogP contribution in [0.3, 0.4) is 0 Å². The van der Waals surface area contributed by atoms with E-state index in [2.05, 4.69) is 10.6 Å². The third-order valence-electron chi connectivity index (χ3n) is 2.03. The lowest BCUT2D eigenvalue weighted by Gasteiger charge is -2.08. The number of carbonyl (C=O) groups is 2. The second-order valence-electron chi connectivity index (χ2n) is 4.28. The average Bonchev–Trinajstić information content (AvgIpc) is 2.26. The molecule has 0 heterocycles. The van der Waals surface area contributed by atoms with Crippen molar-refractivity contribution in [3.05, 3.63) is 0 Å². The summed E-state index contributed by atoms with van der Waals surface area (Å²) in [4.78, 5) is 22.3. The van der Waals surface area contributed by atoms with Gasteiger partial charge in [0.1, 0.15) is 0 Å². The van der Waals surface area contributed by atoms with Gasteiger partial charge in [0.25, 0.3) is 0 Å². The molecule has 5 heteroatoms. The second-order valence-corrected chi connectivity index (χ2v) is 4.28. The predicted octanol–water partition coefficient (Wildman–Crippen LogP) is 0.691. The molecule has 0 aromatic carbocycles. The summed E-state index contributed by atoms with van der Waals surface area (Å²) in [7, 11) is 0. The number of carbonyl (C=O) groups excluding carboxylic acids is 2. The van der Waals surface area contributed by atoms with E-state index in [4.69, 9.17) is 4.74 Å². The summed E-state index contributed by atoms with van der Waals surface area (Å²) in [5, 5.41) is 5.80. The summed E-state index contributed by atoms with van der Waals surface area (Å²) in [6.07, 6.45) is 1.09. The Morgan fingerprint density at radius 3 is 2.59 bits per heavy atom. The fraction of sp³-hybridized carbons (Fsp3) is 0.833. The van der Waals surface area contributed by atoms with E-state index in [0.29, 0.717) is 45.0 Å². The van der Waals surface area contributed by atoms with Gasteiger partial charge in [-0.25, -0.2) is 0 Å². The Hall–Kier alpha value is -1.10. The maximum atomic E-state index is 11.3. The molecule has 1 amide bonds. The Morgan fingerprint density at radius 1 is 1.29 bits per heavy atom. The zero-order chi connectivity index (χ0) is 13.1. The van der Waals surface area contributed by atoms with Crippen molar-refractivity contribution >= 4 is 11.9 Å². The Bertz CT molecular complexity index is 230. The maximum Gasteiger partial charge on any atom is 0.305 e. The van der Waals surface area contributed by atoms with Crippen LogP contribution in [-0.2, 0) is 14.3 Å². The normalized spacial score (nSPS) is 10.4. The van der Waals surface area contributed by atoms with Gasteiger partial charge in [-0.2, -0.15) is 0 Å². The van der Waals surface area contributed by atoms with Gasteiger partial charge in [0, 0.05) is 13.0 Å². The van der Waals surface area contributed by atoms with Crippen LogP contribution in [0.25, 0.3) is 0 Å². The first-order chi connectivity index (χ1) is 8.06. The SMILES string of the molecule is CCOC(=O)CCCNCC(=O)NCC(C)C. The highest BCUT2D eigenvalue weighted by Gasteiger charge is 2.03. The molecule has 0 radical (unpaired) electrons. The summed E-state index contributed by atoms with van der Waals surface area (Å²) in [5.74, 6) is 0.274. The molecule has 5 nitrogen and oxygen atoms in total. The van der Waals surface area contributed by atoms with E-state index in [1.165, 1.54) is 0 Å². The van der Waals surface area contributed by atoms with E-state index >= 15 is 0 Å². The van der Waals surface area contributed by atoms with Crippen molar-refractivity contribution in [3.8, 4) is 0 Å². The van der Waals surface area contributed by atoms with Gasteiger partial charge in [0.05, 0.1) is 13.2 Å². The van der Waals surface area contributed by atoms with E-state index in [1.807, 2.05) is 13.8 Å². The van der Waals surface area contributed by atoms with E-state index in [-0.39, 0.29) is 11.9 Å². The largest absolute Gasteiger partial charge is 0.466 e. The molecule has 0 aliphatic heterocycles. The van der Waals surface area contributed by atoms with Gasteiger partial charge >= 0.3 is 5.97 Å². The Balaban J connectivity index is 3.33. The molecule has 0 atom stereocenters. The molecule has 0 saturated carbocycles. The summed E-state index contributed by atoms with van der Waals surface area (Å²) in [6.45, 7) is 7.95. The molecule has 100 valence electrons. The van der Waals surface area contributed by atoms with E-state index in [1.54, 1.807) is 6.92 Å². The minimum absolute atomic E-state index is 0.00478. The first kappa shape index (κ1) is 15.9. The highest BCUT2D eigenvalue weighted by atomic mass is 16.5. The van der Waals surface area contributed by atoms with Crippen LogP contribution in [0.2, 0.25) is 0 Å². The van der Waals surface area contributed by atoms with E-state index < -0.39 is 0 Å². The number of hydrogen-bond donors (Lipinski definition) is 2. The Labute approximate surface area is 103 Å². The first-order valence-corrected chi connectivity index (χ1v) is 6.19. The van der Waals surface area contributed by atoms with Crippen molar-refractivity contribution in [1.82, 2.24) is 10.6 Å². The van der Waals surface area contributed by atoms with Crippen LogP contribution < -0.4 is 10.6 Å². The number of hydrogen-bond acceptors (Lipinski definition) is 4. The van der Waals surface area contributed by atoms with Crippen LogP contribution in [0, 0.1) is 5.92 Å². The lowest BCUT2D eigenvalue weighted by atomic mass is 10.2. The van der Waals surface area contributed by atoms with Crippen molar-refractivity contribution in [1.29, 1.82) is 0 Å². The summed E-state index contributed by atoms with van der Waals surface area (Å²) in [6, 6.07) is 0. The minimum atomic E-state index is -0.182.